The fraction of sp³-hybridized carbons (Fsp3) is 0.850. The molecule has 0 bridgehead atoms. The average molecular weight is 803 g/mol. The van der Waals surface area contributed by atoms with Gasteiger partial charge in [0.15, 0.2) is 0 Å². The molecule has 0 rings (SSSR count). The molecule has 2 unspecified atom stereocenters. The Morgan fingerprint density at radius 2 is 0.911 bits per heavy atom. The van der Waals surface area contributed by atoms with Crippen molar-refractivity contribution in [3.05, 3.63) is 0 Å². The van der Waals surface area contributed by atoms with E-state index in [0.717, 1.165) is 57.8 Å². The van der Waals surface area contributed by atoms with Gasteiger partial charge >= 0.3 is 11.9 Å². The lowest BCUT2D eigenvalue weighted by molar-refractivity contribution is -0.142. The van der Waals surface area contributed by atoms with Crippen LogP contribution in [0.2, 0.25) is 0 Å². The first-order valence-corrected chi connectivity index (χ1v) is 20.9. The van der Waals surface area contributed by atoms with E-state index in [1.54, 1.807) is 0 Å². The van der Waals surface area contributed by atoms with Gasteiger partial charge in [-0.05, 0) is 38.5 Å². The van der Waals surface area contributed by atoms with Gasteiger partial charge in [0.05, 0.1) is 51.6 Å². The Labute approximate surface area is 334 Å². The van der Waals surface area contributed by atoms with Gasteiger partial charge in [-0.25, -0.2) is 0 Å². The number of ether oxygens (including phenoxy) is 4. The molecule has 0 aromatic carbocycles. The van der Waals surface area contributed by atoms with Crippen LogP contribution in [0.5, 0.6) is 0 Å². The molecule has 0 radical (unpaired) electrons. The van der Waals surface area contributed by atoms with Crippen LogP contribution >= 0.6 is 0 Å². The molecule has 0 aliphatic heterocycles. The summed E-state index contributed by atoms with van der Waals surface area (Å²) in [5, 5.41) is 26.4. The van der Waals surface area contributed by atoms with Crippen LogP contribution in [0.25, 0.3) is 0 Å². The first-order valence-electron chi connectivity index (χ1n) is 20.9. The summed E-state index contributed by atoms with van der Waals surface area (Å²) in [4.78, 5) is 68.4. The number of aldehydes is 1. The van der Waals surface area contributed by atoms with Crippen LogP contribution in [0.3, 0.4) is 0 Å². The summed E-state index contributed by atoms with van der Waals surface area (Å²) in [5.74, 6) is -2.81. The summed E-state index contributed by atoms with van der Waals surface area (Å²) in [5.41, 5.74) is 5.51. The fourth-order valence-electron chi connectivity index (χ4n) is 5.77. The number of rotatable bonds is 43. The van der Waals surface area contributed by atoms with Crippen LogP contribution in [0, 0.1) is 5.92 Å². The predicted octanol–water partition coefficient (Wildman–Crippen LogP) is 3.91. The van der Waals surface area contributed by atoms with Crippen LogP contribution in [-0.2, 0) is 47.7 Å². The molecule has 0 spiro atoms. The third kappa shape index (κ3) is 39.1. The molecule has 0 fully saturated rings. The summed E-state index contributed by atoms with van der Waals surface area (Å²) in [7, 11) is 0. The molecule has 0 aliphatic rings. The topological polar surface area (TPSA) is 242 Å². The number of carbonyl (C=O) groups is 6. The zero-order chi connectivity index (χ0) is 41.3. The standard InChI is InChI=1S/C40H74N4O12/c41-35(31-45)18-15-16-22-42-37(47)32-55-29-28-54-26-24-44-38(48)33-56-30-27-53-25-23-43-36(46)21-20-34(40(51)52)17-13-11-9-7-5-3-1-2-4-6-8-10-12-14-19-39(49)50/h31,34-35H,1-30,32-33,41H2,(H,42,47)(H,43,46)(H,44,48)(H,49,50)(H,51,52). The van der Waals surface area contributed by atoms with Gasteiger partial charge in [0, 0.05) is 32.5 Å². The highest BCUT2D eigenvalue weighted by atomic mass is 16.5. The molecule has 0 aromatic heterocycles. The largest absolute Gasteiger partial charge is 0.481 e. The van der Waals surface area contributed by atoms with Crippen molar-refractivity contribution in [3.8, 4) is 0 Å². The van der Waals surface area contributed by atoms with Crippen molar-refractivity contribution in [2.75, 3.05) is 72.5 Å². The van der Waals surface area contributed by atoms with Gasteiger partial charge in [0.2, 0.25) is 17.7 Å². The van der Waals surface area contributed by atoms with Crippen LogP contribution in [0.4, 0.5) is 0 Å². The van der Waals surface area contributed by atoms with Crippen molar-refractivity contribution in [3.63, 3.8) is 0 Å². The van der Waals surface area contributed by atoms with Gasteiger partial charge in [-0.3, -0.25) is 24.0 Å². The van der Waals surface area contributed by atoms with Crippen molar-refractivity contribution in [1.82, 2.24) is 16.0 Å². The van der Waals surface area contributed by atoms with Crippen LogP contribution in [0.15, 0.2) is 0 Å². The van der Waals surface area contributed by atoms with Crippen LogP contribution < -0.4 is 21.7 Å². The van der Waals surface area contributed by atoms with E-state index in [-0.39, 0.29) is 83.4 Å². The summed E-state index contributed by atoms with van der Waals surface area (Å²) >= 11 is 0. The van der Waals surface area contributed by atoms with Crippen molar-refractivity contribution in [2.45, 2.75) is 141 Å². The zero-order valence-electron chi connectivity index (χ0n) is 33.9. The lowest BCUT2D eigenvalue weighted by atomic mass is 9.95. The van der Waals surface area contributed by atoms with E-state index in [9.17, 15) is 33.9 Å². The van der Waals surface area contributed by atoms with Crippen LogP contribution in [0.1, 0.15) is 135 Å². The van der Waals surface area contributed by atoms with Crippen molar-refractivity contribution in [1.29, 1.82) is 0 Å². The van der Waals surface area contributed by atoms with E-state index >= 15 is 0 Å². The molecule has 56 heavy (non-hydrogen) atoms. The predicted molar refractivity (Wildman–Crippen MR) is 212 cm³/mol. The van der Waals surface area contributed by atoms with Gasteiger partial charge in [0.25, 0.3) is 0 Å². The fourth-order valence-corrected chi connectivity index (χ4v) is 5.77. The van der Waals surface area contributed by atoms with Crippen molar-refractivity contribution >= 4 is 35.9 Å². The maximum Gasteiger partial charge on any atom is 0.306 e. The Kier molecular flexibility index (Phi) is 37.8. The van der Waals surface area contributed by atoms with E-state index in [2.05, 4.69) is 16.0 Å². The summed E-state index contributed by atoms with van der Waals surface area (Å²) in [6, 6.07) is -0.454. The molecule has 3 amide bonds. The highest BCUT2D eigenvalue weighted by Gasteiger charge is 2.18. The number of nitrogens with one attached hydrogen (secondary N) is 3. The Morgan fingerprint density at radius 3 is 1.39 bits per heavy atom. The van der Waals surface area contributed by atoms with E-state index in [1.807, 2.05) is 0 Å². The molecule has 16 nitrogen and oxygen atoms in total. The number of nitrogens with two attached hydrogens (primary N) is 1. The third-order valence-corrected chi connectivity index (χ3v) is 9.07. The van der Waals surface area contributed by atoms with E-state index in [0.29, 0.717) is 45.2 Å². The van der Waals surface area contributed by atoms with Crippen molar-refractivity contribution in [2.24, 2.45) is 11.7 Å². The van der Waals surface area contributed by atoms with E-state index in [1.165, 1.54) is 44.9 Å². The highest BCUT2D eigenvalue weighted by molar-refractivity contribution is 5.78. The summed E-state index contributed by atoms with van der Waals surface area (Å²) in [6.45, 7) is 2.40. The second-order valence-corrected chi connectivity index (χ2v) is 14.1. The molecule has 0 saturated heterocycles. The molecule has 0 aliphatic carbocycles. The van der Waals surface area contributed by atoms with E-state index in [4.69, 9.17) is 29.8 Å². The van der Waals surface area contributed by atoms with Gasteiger partial charge < -0.3 is 55.6 Å². The second-order valence-electron chi connectivity index (χ2n) is 14.1. The van der Waals surface area contributed by atoms with Gasteiger partial charge in [-0.15, -0.1) is 0 Å². The number of unbranched alkanes of at least 4 members (excludes halogenated alkanes) is 14. The molecular formula is C40H74N4O12. The molecule has 0 aromatic rings. The molecule has 0 saturated carbocycles. The number of hydrogen-bond donors (Lipinski definition) is 6. The van der Waals surface area contributed by atoms with Gasteiger partial charge in [-0.1, -0.05) is 83.5 Å². The lowest BCUT2D eigenvalue weighted by Crippen LogP contribution is -2.32. The minimum atomic E-state index is -0.854. The number of carboxylic acid groups (broad SMARTS) is 2. The maximum absolute atomic E-state index is 12.2. The molecule has 0 heterocycles. The SMILES string of the molecule is NC(C=O)CCCCNC(=O)COCCOCCNC(=O)COCCOCCNC(=O)CCC(CCCCCCCCCCCCCCCCC(=O)O)C(=O)O. The Bertz CT molecular complexity index is 1020. The minimum Gasteiger partial charge on any atom is -0.481 e. The van der Waals surface area contributed by atoms with Crippen LogP contribution in [-0.4, -0.2) is 125 Å². The Morgan fingerprint density at radius 1 is 0.482 bits per heavy atom. The monoisotopic (exact) mass is 803 g/mol. The average Bonchev–Trinajstić information content (AvgIpc) is 3.17. The number of aliphatic carboxylic acids is 2. The molecular weight excluding hydrogens is 728 g/mol. The Hall–Kier alpha value is -3.18. The quantitative estimate of drug-likeness (QED) is 0.0379. The number of carboxylic acids is 2. The molecule has 7 N–H and O–H groups in total. The first kappa shape index (κ1) is 52.8. The van der Waals surface area contributed by atoms with E-state index < -0.39 is 23.9 Å². The number of hydrogen-bond acceptors (Lipinski definition) is 11. The highest BCUT2D eigenvalue weighted by Crippen LogP contribution is 2.18. The minimum absolute atomic E-state index is 0.0775. The van der Waals surface area contributed by atoms with Gasteiger partial charge in [0.1, 0.15) is 19.5 Å². The lowest BCUT2D eigenvalue weighted by Gasteiger charge is -2.12. The summed E-state index contributed by atoms with van der Waals surface area (Å²) in [6.07, 6.45) is 19.8. The Balaban J connectivity index is 3.56. The molecule has 326 valence electrons. The normalized spacial score (nSPS) is 12.2. The maximum atomic E-state index is 12.2. The van der Waals surface area contributed by atoms with Gasteiger partial charge in [-0.2, -0.15) is 0 Å². The first-order chi connectivity index (χ1) is 27.1. The number of carbonyl (C=O) groups excluding carboxylic acids is 4. The second kappa shape index (κ2) is 40.0. The zero-order valence-corrected chi connectivity index (χ0v) is 33.9. The van der Waals surface area contributed by atoms with Crippen molar-refractivity contribution < 1.29 is 57.9 Å². The summed E-state index contributed by atoms with van der Waals surface area (Å²) < 4.78 is 21.3. The molecule has 16 heteroatoms. The smallest absolute Gasteiger partial charge is 0.306 e. The molecule has 2 atom stereocenters. The third-order valence-electron chi connectivity index (χ3n) is 9.07. The number of amides is 3.